The Kier molecular flexibility index (Phi) is 3.86. The summed E-state index contributed by atoms with van der Waals surface area (Å²) in [6.45, 7) is 2.49. The third-order valence-corrected chi connectivity index (χ3v) is 3.87. The van der Waals surface area contributed by atoms with E-state index in [1.54, 1.807) is 7.05 Å². The molecule has 1 aromatic heterocycles. The minimum Gasteiger partial charge on any atom is -0.391 e. The van der Waals surface area contributed by atoms with Gasteiger partial charge in [-0.2, -0.15) is 15.0 Å². The molecule has 1 aliphatic carbocycles. The van der Waals surface area contributed by atoms with Crippen molar-refractivity contribution in [2.75, 3.05) is 42.2 Å². The molecule has 0 amide bonds. The molecule has 2 fully saturated rings. The lowest BCUT2D eigenvalue weighted by atomic mass is 10.2. The van der Waals surface area contributed by atoms with Crippen molar-refractivity contribution in [1.29, 1.82) is 0 Å². The molecule has 1 saturated carbocycles. The van der Waals surface area contributed by atoms with E-state index in [2.05, 4.69) is 30.5 Å². The van der Waals surface area contributed by atoms with Crippen molar-refractivity contribution in [3.63, 3.8) is 0 Å². The molecule has 3 rings (SSSR count). The summed E-state index contributed by atoms with van der Waals surface area (Å²) in [5.74, 6) is 2.26. The summed E-state index contributed by atoms with van der Waals surface area (Å²) < 4.78 is 0. The Morgan fingerprint density at radius 2 is 1.90 bits per heavy atom. The van der Waals surface area contributed by atoms with Gasteiger partial charge in [-0.1, -0.05) is 0 Å². The highest BCUT2D eigenvalue weighted by atomic mass is 16.3. The molecule has 0 spiro atoms. The first-order chi connectivity index (χ1) is 9.76. The van der Waals surface area contributed by atoms with Crippen LogP contribution in [-0.4, -0.2) is 52.8 Å². The van der Waals surface area contributed by atoms with Gasteiger partial charge in [0.15, 0.2) is 0 Å². The van der Waals surface area contributed by atoms with Gasteiger partial charge in [-0.05, 0) is 31.6 Å². The van der Waals surface area contributed by atoms with E-state index in [0.717, 1.165) is 25.9 Å². The molecule has 0 aromatic carbocycles. The van der Waals surface area contributed by atoms with Crippen LogP contribution in [0.5, 0.6) is 0 Å². The van der Waals surface area contributed by atoms with E-state index in [-0.39, 0.29) is 6.10 Å². The number of aliphatic hydroxyl groups is 1. The normalized spacial score (nSPS) is 20.0. The summed E-state index contributed by atoms with van der Waals surface area (Å²) >= 11 is 0. The maximum Gasteiger partial charge on any atom is 0.231 e. The molecule has 0 bridgehead atoms. The lowest BCUT2D eigenvalue weighted by molar-refractivity contribution is 0.164. The monoisotopic (exact) mass is 278 g/mol. The maximum atomic E-state index is 9.90. The van der Waals surface area contributed by atoms with Crippen molar-refractivity contribution in [3.05, 3.63) is 0 Å². The Labute approximate surface area is 118 Å². The first-order valence-corrected chi connectivity index (χ1v) is 7.37. The molecule has 2 heterocycles. The van der Waals surface area contributed by atoms with Gasteiger partial charge in [-0.15, -0.1) is 0 Å². The molecular formula is C13H22N6O. The number of nitrogens with zero attached hydrogens (tertiary/aromatic N) is 4. The van der Waals surface area contributed by atoms with Crippen LogP contribution in [0, 0.1) is 5.92 Å². The average molecular weight is 278 g/mol. The van der Waals surface area contributed by atoms with Crippen LogP contribution in [0.3, 0.4) is 0 Å². The molecule has 20 heavy (non-hydrogen) atoms. The molecule has 1 saturated heterocycles. The largest absolute Gasteiger partial charge is 0.391 e. The fourth-order valence-corrected chi connectivity index (χ4v) is 2.46. The number of aromatic nitrogens is 3. The summed E-state index contributed by atoms with van der Waals surface area (Å²) in [7, 11) is 1.80. The van der Waals surface area contributed by atoms with E-state index in [4.69, 9.17) is 0 Å². The molecule has 3 N–H and O–H groups in total. The van der Waals surface area contributed by atoms with Crippen LogP contribution in [0.1, 0.15) is 25.7 Å². The minimum absolute atomic E-state index is 0.306. The number of hydrogen-bond donors (Lipinski definition) is 3. The van der Waals surface area contributed by atoms with Crippen molar-refractivity contribution >= 4 is 17.8 Å². The van der Waals surface area contributed by atoms with E-state index in [1.807, 2.05) is 0 Å². The van der Waals surface area contributed by atoms with Gasteiger partial charge in [0.05, 0.1) is 6.10 Å². The molecule has 7 nitrogen and oxygen atoms in total. The summed E-state index contributed by atoms with van der Waals surface area (Å²) in [4.78, 5) is 15.3. The van der Waals surface area contributed by atoms with Crippen molar-refractivity contribution in [1.82, 2.24) is 15.0 Å². The number of aliphatic hydroxyl groups excluding tert-OH is 1. The van der Waals surface area contributed by atoms with Crippen molar-refractivity contribution < 1.29 is 5.11 Å². The Balaban J connectivity index is 1.69. The standard InChI is InChI=1S/C13H22N6O/c1-14-11-16-12(15-8-10(20)9-4-5-9)18-13(17-11)19-6-2-3-7-19/h9-10,20H,2-8H2,1H3,(H2,14,15,16,17,18). The zero-order valence-corrected chi connectivity index (χ0v) is 11.8. The molecule has 7 heteroatoms. The predicted molar refractivity (Wildman–Crippen MR) is 78.0 cm³/mol. The summed E-state index contributed by atoms with van der Waals surface area (Å²) in [6, 6.07) is 0. The Morgan fingerprint density at radius 1 is 1.20 bits per heavy atom. The molecule has 110 valence electrons. The predicted octanol–water partition coefficient (Wildman–Crippen LogP) is 0.696. The van der Waals surface area contributed by atoms with Gasteiger partial charge < -0.3 is 20.6 Å². The fourth-order valence-electron chi connectivity index (χ4n) is 2.46. The van der Waals surface area contributed by atoms with E-state index in [0.29, 0.717) is 30.3 Å². The highest BCUT2D eigenvalue weighted by Crippen LogP contribution is 2.32. The van der Waals surface area contributed by atoms with E-state index < -0.39 is 0 Å². The zero-order chi connectivity index (χ0) is 13.9. The van der Waals surface area contributed by atoms with Crippen LogP contribution in [0.15, 0.2) is 0 Å². The van der Waals surface area contributed by atoms with Crippen LogP contribution in [0.2, 0.25) is 0 Å². The van der Waals surface area contributed by atoms with Crippen LogP contribution in [-0.2, 0) is 0 Å². The molecule has 1 unspecified atom stereocenters. The van der Waals surface area contributed by atoms with Crippen molar-refractivity contribution in [3.8, 4) is 0 Å². The Morgan fingerprint density at radius 3 is 2.55 bits per heavy atom. The maximum absolute atomic E-state index is 9.90. The van der Waals surface area contributed by atoms with Gasteiger partial charge >= 0.3 is 0 Å². The molecule has 1 aliphatic heterocycles. The molecule has 1 aromatic rings. The number of hydrogen-bond acceptors (Lipinski definition) is 7. The Hall–Kier alpha value is -1.63. The van der Waals surface area contributed by atoms with Gasteiger partial charge in [0, 0.05) is 26.7 Å². The second-order valence-electron chi connectivity index (χ2n) is 5.51. The average Bonchev–Trinajstić information content (AvgIpc) is 3.19. The lowest BCUT2D eigenvalue weighted by Gasteiger charge is -2.17. The lowest BCUT2D eigenvalue weighted by Crippen LogP contribution is -2.25. The van der Waals surface area contributed by atoms with Gasteiger partial charge in [0.1, 0.15) is 0 Å². The van der Waals surface area contributed by atoms with Gasteiger partial charge in [-0.25, -0.2) is 0 Å². The first kappa shape index (κ1) is 13.4. The first-order valence-electron chi connectivity index (χ1n) is 7.37. The second kappa shape index (κ2) is 5.78. The molecule has 0 radical (unpaired) electrons. The second-order valence-corrected chi connectivity index (χ2v) is 5.51. The molecule has 1 atom stereocenters. The van der Waals surface area contributed by atoms with Crippen LogP contribution < -0.4 is 15.5 Å². The van der Waals surface area contributed by atoms with Gasteiger partial charge in [-0.3, -0.25) is 0 Å². The molecule has 2 aliphatic rings. The van der Waals surface area contributed by atoms with E-state index >= 15 is 0 Å². The number of nitrogens with one attached hydrogen (secondary N) is 2. The summed E-state index contributed by atoms with van der Waals surface area (Å²) in [5, 5.41) is 16.0. The van der Waals surface area contributed by atoms with Crippen LogP contribution in [0.25, 0.3) is 0 Å². The van der Waals surface area contributed by atoms with Gasteiger partial charge in [0.2, 0.25) is 17.8 Å². The topological polar surface area (TPSA) is 86.2 Å². The highest BCUT2D eigenvalue weighted by molar-refractivity contribution is 5.44. The number of rotatable bonds is 6. The minimum atomic E-state index is -0.306. The fraction of sp³-hybridized carbons (Fsp3) is 0.769. The quantitative estimate of drug-likeness (QED) is 0.706. The van der Waals surface area contributed by atoms with Crippen LogP contribution in [0.4, 0.5) is 17.8 Å². The van der Waals surface area contributed by atoms with E-state index in [1.165, 1.54) is 12.8 Å². The van der Waals surface area contributed by atoms with E-state index in [9.17, 15) is 5.11 Å². The summed E-state index contributed by atoms with van der Waals surface area (Å²) in [6.07, 6.45) is 4.31. The van der Waals surface area contributed by atoms with Crippen molar-refractivity contribution in [2.24, 2.45) is 5.92 Å². The highest BCUT2D eigenvalue weighted by Gasteiger charge is 2.29. The molecular weight excluding hydrogens is 256 g/mol. The summed E-state index contributed by atoms with van der Waals surface area (Å²) in [5.41, 5.74) is 0. The number of anilines is 3. The van der Waals surface area contributed by atoms with Gasteiger partial charge in [0.25, 0.3) is 0 Å². The zero-order valence-electron chi connectivity index (χ0n) is 11.8. The smallest absolute Gasteiger partial charge is 0.231 e. The van der Waals surface area contributed by atoms with Crippen molar-refractivity contribution in [2.45, 2.75) is 31.8 Å². The Bertz CT molecular complexity index is 458. The SMILES string of the molecule is CNc1nc(NCC(O)C2CC2)nc(N2CCCC2)n1. The third kappa shape index (κ3) is 3.09. The third-order valence-electron chi connectivity index (χ3n) is 3.87. The van der Waals surface area contributed by atoms with Crippen LogP contribution >= 0.6 is 0 Å².